The molecule has 1 heterocycles. The number of esters is 1. The predicted octanol–water partition coefficient (Wildman–Crippen LogP) is 6.68. The lowest BCUT2D eigenvalue weighted by molar-refractivity contribution is -0.157. The number of aromatic nitrogens is 1. The van der Waals surface area contributed by atoms with Crippen molar-refractivity contribution in [2.45, 2.75) is 64.2 Å². The first-order valence-electron chi connectivity index (χ1n) is 11.1. The van der Waals surface area contributed by atoms with Gasteiger partial charge in [0, 0.05) is 27.8 Å². The second-order valence-electron chi connectivity index (χ2n) is 10.0. The first-order valence-corrected chi connectivity index (χ1v) is 11.1. The zero-order chi connectivity index (χ0) is 21.3. The van der Waals surface area contributed by atoms with Gasteiger partial charge in [0.05, 0.1) is 18.2 Å². The lowest BCUT2D eigenvalue weighted by atomic mass is 9.49. The molecule has 5 rings (SSSR count). The van der Waals surface area contributed by atoms with Crippen LogP contribution in [0.5, 0.6) is 0 Å². The molecule has 0 bridgehead atoms. The number of para-hydroxylation sites is 1. The van der Waals surface area contributed by atoms with Crippen molar-refractivity contribution in [3.05, 3.63) is 59.2 Å². The monoisotopic (exact) mass is 401 g/mol. The van der Waals surface area contributed by atoms with Crippen LogP contribution in [0, 0.1) is 5.41 Å². The van der Waals surface area contributed by atoms with Gasteiger partial charge in [0.2, 0.25) is 0 Å². The van der Waals surface area contributed by atoms with E-state index < -0.39 is 5.41 Å². The number of benzene rings is 2. The fourth-order valence-corrected chi connectivity index (χ4v) is 6.50. The molecule has 3 atom stereocenters. The molecule has 1 unspecified atom stereocenters. The van der Waals surface area contributed by atoms with E-state index in [1.54, 1.807) is 0 Å². The molecule has 1 N–H and O–H groups in total. The van der Waals surface area contributed by atoms with Crippen LogP contribution >= 0.6 is 0 Å². The Labute approximate surface area is 178 Å². The maximum atomic E-state index is 13.2. The van der Waals surface area contributed by atoms with Crippen molar-refractivity contribution in [1.29, 1.82) is 0 Å². The minimum atomic E-state index is -0.546. The van der Waals surface area contributed by atoms with Crippen LogP contribution in [-0.4, -0.2) is 18.1 Å². The average Bonchev–Trinajstić information content (AvgIpc) is 3.12. The van der Waals surface area contributed by atoms with Gasteiger partial charge in [-0.1, -0.05) is 57.5 Å². The third kappa shape index (κ3) is 2.41. The quantitative estimate of drug-likeness (QED) is 0.487. The number of hydrogen-bond donors (Lipinski definition) is 1. The van der Waals surface area contributed by atoms with E-state index in [0.29, 0.717) is 5.92 Å². The summed E-state index contributed by atoms with van der Waals surface area (Å²) in [5.41, 5.74) is 7.01. The Morgan fingerprint density at radius 2 is 1.90 bits per heavy atom. The predicted molar refractivity (Wildman–Crippen MR) is 122 cm³/mol. The lowest BCUT2D eigenvalue weighted by Gasteiger charge is -2.54. The van der Waals surface area contributed by atoms with Crippen LogP contribution in [0.15, 0.2) is 42.5 Å². The van der Waals surface area contributed by atoms with Gasteiger partial charge >= 0.3 is 5.97 Å². The van der Waals surface area contributed by atoms with Crippen molar-refractivity contribution in [3.63, 3.8) is 0 Å². The van der Waals surface area contributed by atoms with E-state index >= 15 is 0 Å². The van der Waals surface area contributed by atoms with E-state index in [-0.39, 0.29) is 17.3 Å². The summed E-state index contributed by atoms with van der Waals surface area (Å²) in [7, 11) is 1.53. The summed E-state index contributed by atoms with van der Waals surface area (Å²) < 4.78 is 5.38. The molecule has 1 aromatic heterocycles. The summed E-state index contributed by atoms with van der Waals surface area (Å²) in [5.74, 6) is 0.465. The van der Waals surface area contributed by atoms with Crippen molar-refractivity contribution < 1.29 is 9.53 Å². The molecule has 3 aromatic rings. The second-order valence-corrected chi connectivity index (χ2v) is 10.0. The molecule has 1 saturated carbocycles. The van der Waals surface area contributed by atoms with Gasteiger partial charge in [-0.25, -0.2) is 0 Å². The Kier molecular flexibility index (Phi) is 4.19. The molecule has 0 spiro atoms. The minimum Gasteiger partial charge on any atom is -0.469 e. The summed E-state index contributed by atoms with van der Waals surface area (Å²) in [4.78, 5) is 16.9. The largest absolute Gasteiger partial charge is 0.469 e. The molecule has 3 heteroatoms. The normalized spacial score (nSPS) is 27.5. The van der Waals surface area contributed by atoms with Crippen molar-refractivity contribution in [2.24, 2.45) is 5.41 Å². The highest BCUT2D eigenvalue weighted by Gasteiger charge is 2.58. The summed E-state index contributed by atoms with van der Waals surface area (Å²) in [6.07, 6.45) is 2.97. The number of aromatic amines is 1. The minimum absolute atomic E-state index is 0.0785. The molecule has 1 fully saturated rings. The maximum Gasteiger partial charge on any atom is 0.312 e. The molecule has 2 aliphatic carbocycles. The molecule has 3 nitrogen and oxygen atoms in total. The number of carbonyl (C=O) groups is 1. The first-order chi connectivity index (χ1) is 14.3. The fraction of sp³-hybridized carbons (Fsp3) is 0.444. The van der Waals surface area contributed by atoms with Crippen LogP contribution in [-0.2, 0) is 14.9 Å². The molecule has 156 valence electrons. The molecule has 0 radical (unpaired) electrons. The second kappa shape index (κ2) is 6.47. The van der Waals surface area contributed by atoms with Crippen molar-refractivity contribution >= 4 is 16.9 Å². The highest BCUT2D eigenvalue weighted by atomic mass is 16.5. The standard InChI is InChI=1S/C27H31NO2/c1-16(2)17-11-12-20-19(15-17)23-22(18-9-6-7-10-21(18)28-23)24-26(20,3)13-8-14-27(24,4)25(29)30-5/h6-7,9-12,15-16,24,28H,8,13-14H2,1-5H3/t24?,26-,27-/m1/s1. The third-order valence-corrected chi connectivity index (χ3v) is 7.95. The number of rotatable bonds is 2. The van der Waals surface area contributed by atoms with Gasteiger partial charge in [0.1, 0.15) is 0 Å². The number of ether oxygens (including phenoxy) is 1. The molecule has 2 aliphatic rings. The van der Waals surface area contributed by atoms with Crippen molar-refractivity contribution in [2.75, 3.05) is 7.11 Å². The summed E-state index contributed by atoms with van der Waals surface area (Å²) in [5, 5.41) is 1.24. The van der Waals surface area contributed by atoms with Gasteiger partial charge in [0.15, 0.2) is 0 Å². The van der Waals surface area contributed by atoms with Crippen LogP contribution in [0.1, 0.15) is 75.5 Å². The fourth-order valence-electron chi connectivity index (χ4n) is 6.50. The summed E-state index contributed by atoms with van der Waals surface area (Å²) in [6, 6.07) is 15.5. The Balaban J connectivity index is 1.89. The molecular weight excluding hydrogens is 370 g/mol. The van der Waals surface area contributed by atoms with Crippen molar-refractivity contribution in [3.8, 4) is 11.3 Å². The summed E-state index contributed by atoms with van der Waals surface area (Å²) >= 11 is 0. The topological polar surface area (TPSA) is 42.1 Å². The van der Waals surface area contributed by atoms with Gasteiger partial charge in [0.25, 0.3) is 0 Å². The third-order valence-electron chi connectivity index (χ3n) is 7.95. The van der Waals surface area contributed by atoms with E-state index in [1.165, 1.54) is 40.4 Å². The van der Waals surface area contributed by atoms with Crippen LogP contribution in [0.25, 0.3) is 22.2 Å². The smallest absolute Gasteiger partial charge is 0.312 e. The molecular formula is C27H31NO2. The maximum absolute atomic E-state index is 13.2. The van der Waals surface area contributed by atoms with Gasteiger partial charge in [-0.05, 0) is 54.5 Å². The number of hydrogen-bond acceptors (Lipinski definition) is 2. The highest BCUT2D eigenvalue weighted by Crippen LogP contribution is 2.64. The zero-order valence-corrected chi connectivity index (χ0v) is 18.6. The number of carbonyl (C=O) groups excluding carboxylic acids is 1. The van der Waals surface area contributed by atoms with E-state index in [9.17, 15) is 4.79 Å². The SMILES string of the molecule is COC(=O)[C@]1(C)CCC[C@]2(C)c3ccc(C(C)C)cc3-c3[nH]c4ccccc4c3C12. The molecule has 30 heavy (non-hydrogen) atoms. The Morgan fingerprint density at radius 3 is 2.63 bits per heavy atom. The van der Waals surface area contributed by atoms with E-state index in [1.807, 2.05) is 0 Å². The number of nitrogens with one attached hydrogen (secondary N) is 1. The Hall–Kier alpha value is -2.55. The zero-order valence-electron chi connectivity index (χ0n) is 18.6. The van der Waals surface area contributed by atoms with E-state index in [0.717, 1.165) is 24.8 Å². The van der Waals surface area contributed by atoms with Gasteiger partial charge < -0.3 is 9.72 Å². The Morgan fingerprint density at radius 1 is 1.13 bits per heavy atom. The highest BCUT2D eigenvalue weighted by molar-refractivity contribution is 5.95. The van der Waals surface area contributed by atoms with E-state index in [2.05, 4.69) is 75.1 Å². The van der Waals surface area contributed by atoms with Gasteiger partial charge in [-0.2, -0.15) is 0 Å². The molecule has 0 amide bonds. The van der Waals surface area contributed by atoms with Crippen LogP contribution in [0.2, 0.25) is 0 Å². The Bertz CT molecular complexity index is 1160. The van der Waals surface area contributed by atoms with Gasteiger partial charge in [-0.3, -0.25) is 4.79 Å². The van der Waals surface area contributed by atoms with E-state index in [4.69, 9.17) is 4.74 Å². The van der Waals surface area contributed by atoms with Crippen molar-refractivity contribution in [1.82, 2.24) is 4.98 Å². The lowest BCUT2D eigenvalue weighted by Crippen LogP contribution is -2.50. The molecule has 0 aliphatic heterocycles. The van der Waals surface area contributed by atoms with Crippen LogP contribution in [0.3, 0.4) is 0 Å². The summed E-state index contributed by atoms with van der Waals surface area (Å²) in [6.45, 7) is 8.99. The molecule has 2 aromatic carbocycles. The number of methoxy groups -OCH3 is 1. The number of H-pyrrole nitrogens is 1. The molecule has 0 saturated heterocycles. The average molecular weight is 402 g/mol. The van der Waals surface area contributed by atoms with Gasteiger partial charge in [-0.15, -0.1) is 0 Å². The van der Waals surface area contributed by atoms with Crippen LogP contribution in [0.4, 0.5) is 0 Å². The number of fused-ring (bicyclic) bond motifs is 8. The van der Waals surface area contributed by atoms with Crippen LogP contribution < -0.4 is 0 Å². The first kappa shape index (κ1) is 19.4.